The Hall–Kier alpha value is -0.0800. The molecule has 0 aromatic heterocycles. The van der Waals surface area contributed by atoms with Gasteiger partial charge in [0.2, 0.25) is 0 Å². The fourth-order valence-corrected chi connectivity index (χ4v) is 3.42. The van der Waals surface area contributed by atoms with Gasteiger partial charge in [0.25, 0.3) is 0 Å². The summed E-state index contributed by atoms with van der Waals surface area (Å²) in [6, 6.07) is 0.738. The molecule has 2 heteroatoms. The van der Waals surface area contributed by atoms with Crippen LogP contribution in [0.2, 0.25) is 0 Å². The zero-order valence-corrected chi connectivity index (χ0v) is 11.0. The Morgan fingerprint density at radius 1 is 1.06 bits per heavy atom. The quantitative estimate of drug-likeness (QED) is 0.797. The smallest absolute Gasteiger partial charge is 0.0588 e. The number of ether oxygens (including phenoxy) is 1. The summed E-state index contributed by atoms with van der Waals surface area (Å²) in [7, 11) is 0. The van der Waals surface area contributed by atoms with Crippen molar-refractivity contribution in [2.24, 2.45) is 17.8 Å². The van der Waals surface area contributed by atoms with Gasteiger partial charge in [-0.2, -0.15) is 0 Å². The van der Waals surface area contributed by atoms with Crippen molar-refractivity contribution in [3.05, 3.63) is 0 Å². The van der Waals surface area contributed by atoms with E-state index in [1.807, 2.05) is 0 Å². The second kappa shape index (κ2) is 5.50. The van der Waals surface area contributed by atoms with Crippen molar-refractivity contribution >= 4 is 0 Å². The van der Waals surface area contributed by atoms with Gasteiger partial charge in [0.15, 0.2) is 0 Å². The van der Waals surface area contributed by atoms with Gasteiger partial charge in [-0.05, 0) is 43.9 Å². The first-order valence-corrected chi connectivity index (χ1v) is 7.03. The van der Waals surface area contributed by atoms with E-state index >= 15 is 0 Å². The van der Waals surface area contributed by atoms with Crippen LogP contribution in [0, 0.1) is 17.8 Å². The van der Waals surface area contributed by atoms with E-state index in [0.29, 0.717) is 6.10 Å². The van der Waals surface area contributed by atoms with E-state index in [-0.39, 0.29) is 0 Å². The molecule has 0 bridgehead atoms. The molecular formula is C14H27NO. The third kappa shape index (κ3) is 2.78. The van der Waals surface area contributed by atoms with Crippen molar-refractivity contribution in [1.29, 1.82) is 0 Å². The van der Waals surface area contributed by atoms with E-state index in [9.17, 15) is 0 Å². The molecule has 1 heterocycles. The lowest BCUT2D eigenvalue weighted by atomic mass is 9.78. The van der Waals surface area contributed by atoms with E-state index in [2.05, 4.69) is 26.1 Å². The fourth-order valence-electron chi connectivity index (χ4n) is 3.42. The molecule has 16 heavy (non-hydrogen) atoms. The van der Waals surface area contributed by atoms with Crippen molar-refractivity contribution in [3.8, 4) is 0 Å². The molecule has 94 valence electrons. The fraction of sp³-hybridized carbons (Fsp3) is 1.00. The minimum Gasteiger partial charge on any atom is -0.378 e. The molecule has 4 atom stereocenters. The van der Waals surface area contributed by atoms with Crippen molar-refractivity contribution in [3.63, 3.8) is 0 Å². The monoisotopic (exact) mass is 225 g/mol. The molecule has 1 aliphatic heterocycles. The lowest BCUT2D eigenvalue weighted by Crippen LogP contribution is -2.45. The maximum absolute atomic E-state index is 5.62. The van der Waals surface area contributed by atoms with Crippen molar-refractivity contribution < 1.29 is 4.74 Å². The second-order valence-corrected chi connectivity index (χ2v) is 5.94. The van der Waals surface area contributed by atoms with Crippen LogP contribution in [0.3, 0.4) is 0 Å². The number of nitrogens with one attached hydrogen (secondary N) is 1. The number of hydrogen-bond acceptors (Lipinski definition) is 2. The molecule has 0 radical (unpaired) electrons. The summed E-state index contributed by atoms with van der Waals surface area (Å²) in [4.78, 5) is 0. The van der Waals surface area contributed by atoms with E-state index in [1.54, 1.807) is 0 Å². The number of hydrogen-bond donors (Lipinski definition) is 1. The predicted molar refractivity (Wildman–Crippen MR) is 67.5 cm³/mol. The van der Waals surface area contributed by atoms with Gasteiger partial charge in [-0.1, -0.05) is 20.3 Å². The van der Waals surface area contributed by atoms with Crippen LogP contribution in [-0.2, 0) is 4.74 Å². The second-order valence-electron chi connectivity index (χ2n) is 5.94. The van der Waals surface area contributed by atoms with Crippen LogP contribution in [0.4, 0.5) is 0 Å². The maximum Gasteiger partial charge on any atom is 0.0588 e. The summed E-state index contributed by atoms with van der Waals surface area (Å²) < 4.78 is 5.62. The molecule has 2 fully saturated rings. The lowest BCUT2D eigenvalue weighted by Gasteiger charge is -2.36. The zero-order valence-electron chi connectivity index (χ0n) is 11.0. The van der Waals surface area contributed by atoms with Gasteiger partial charge in [-0.15, -0.1) is 0 Å². The molecule has 4 unspecified atom stereocenters. The van der Waals surface area contributed by atoms with Gasteiger partial charge in [0.1, 0.15) is 0 Å². The molecule has 2 aliphatic rings. The Labute approximate surface area is 100 Å². The summed E-state index contributed by atoms with van der Waals surface area (Å²) >= 11 is 0. The molecule has 1 N–H and O–H groups in total. The van der Waals surface area contributed by atoms with Gasteiger partial charge in [-0.3, -0.25) is 0 Å². The Balaban J connectivity index is 1.79. The van der Waals surface area contributed by atoms with Crippen molar-refractivity contribution in [2.75, 3.05) is 13.2 Å². The maximum atomic E-state index is 5.62. The van der Waals surface area contributed by atoms with Gasteiger partial charge in [0, 0.05) is 19.2 Å². The summed E-state index contributed by atoms with van der Waals surface area (Å²) in [6.07, 6.45) is 5.92. The van der Waals surface area contributed by atoms with Crippen LogP contribution in [0.25, 0.3) is 0 Å². The van der Waals surface area contributed by atoms with Crippen molar-refractivity contribution in [1.82, 2.24) is 5.32 Å². The SMILES string of the molecule is CC1CCCC(C)C1NCC1CCOC1C. The molecule has 0 amide bonds. The molecule has 0 spiro atoms. The standard InChI is InChI=1S/C14H27NO/c1-10-5-4-6-11(2)14(10)15-9-13-7-8-16-12(13)3/h10-15H,4-9H2,1-3H3. The van der Waals surface area contributed by atoms with E-state index in [0.717, 1.165) is 36.9 Å². The first-order valence-electron chi connectivity index (χ1n) is 7.03. The molecule has 0 aromatic rings. The number of rotatable bonds is 3. The molecule has 2 rings (SSSR count). The van der Waals surface area contributed by atoms with Gasteiger partial charge in [-0.25, -0.2) is 0 Å². The molecule has 1 saturated carbocycles. The average Bonchev–Trinajstić information content (AvgIpc) is 2.64. The molecule has 2 nitrogen and oxygen atoms in total. The highest BCUT2D eigenvalue weighted by molar-refractivity contribution is 4.85. The Morgan fingerprint density at radius 3 is 2.31 bits per heavy atom. The van der Waals surface area contributed by atoms with E-state index < -0.39 is 0 Å². The topological polar surface area (TPSA) is 21.3 Å². The van der Waals surface area contributed by atoms with Crippen LogP contribution in [0.1, 0.15) is 46.5 Å². The normalized spacial score (nSPS) is 44.8. The highest BCUT2D eigenvalue weighted by Gasteiger charge is 2.30. The average molecular weight is 225 g/mol. The minimum atomic E-state index is 0.460. The Kier molecular flexibility index (Phi) is 4.26. The van der Waals surface area contributed by atoms with Crippen molar-refractivity contribution in [2.45, 2.75) is 58.6 Å². The lowest BCUT2D eigenvalue weighted by molar-refractivity contribution is 0.101. The van der Waals surface area contributed by atoms with E-state index in [1.165, 1.54) is 25.7 Å². The first-order chi connectivity index (χ1) is 7.68. The molecular weight excluding hydrogens is 198 g/mol. The summed E-state index contributed by atoms with van der Waals surface area (Å²) in [5.41, 5.74) is 0. The highest BCUT2D eigenvalue weighted by Crippen LogP contribution is 2.29. The van der Waals surface area contributed by atoms with Crippen LogP contribution in [0.5, 0.6) is 0 Å². The minimum absolute atomic E-state index is 0.460. The first kappa shape index (κ1) is 12.4. The third-order valence-electron chi connectivity index (χ3n) is 4.69. The van der Waals surface area contributed by atoms with Gasteiger partial charge >= 0.3 is 0 Å². The summed E-state index contributed by atoms with van der Waals surface area (Å²) in [5, 5.41) is 3.81. The predicted octanol–water partition coefficient (Wildman–Crippen LogP) is 2.83. The molecule has 0 aromatic carbocycles. The summed E-state index contributed by atoms with van der Waals surface area (Å²) in [5.74, 6) is 2.43. The van der Waals surface area contributed by atoms with Gasteiger partial charge in [0.05, 0.1) is 6.10 Å². The van der Waals surface area contributed by atoms with E-state index in [4.69, 9.17) is 4.74 Å². The molecule has 1 saturated heterocycles. The highest BCUT2D eigenvalue weighted by atomic mass is 16.5. The Morgan fingerprint density at radius 2 is 1.75 bits per heavy atom. The zero-order chi connectivity index (χ0) is 11.5. The van der Waals surface area contributed by atoms with Gasteiger partial charge < -0.3 is 10.1 Å². The van der Waals surface area contributed by atoms with Crippen LogP contribution >= 0.6 is 0 Å². The summed E-state index contributed by atoms with van der Waals surface area (Å²) in [6.45, 7) is 9.14. The van der Waals surface area contributed by atoms with Crippen LogP contribution in [0.15, 0.2) is 0 Å². The largest absolute Gasteiger partial charge is 0.378 e. The third-order valence-corrected chi connectivity index (χ3v) is 4.69. The van der Waals surface area contributed by atoms with Crippen LogP contribution < -0.4 is 5.32 Å². The molecule has 1 aliphatic carbocycles. The Bertz CT molecular complexity index is 209. The van der Waals surface area contributed by atoms with Crippen LogP contribution in [-0.4, -0.2) is 25.3 Å².